The smallest absolute Gasteiger partial charge is 0.203 e. The molecule has 0 atom stereocenters. The van der Waals surface area contributed by atoms with Gasteiger partial charge in [-0.15, -0.1) is 32.8 Å². The Labute approximate surface area is 100 Å². The number of nitrogens with zero attached hydrogens (tertiary/aromatic N) is 4. The van der Waals surface area contributed by atoms with Crippen molar-refractivity contribution in [1.82, 2.24) is 20.4 Å². The minimum atomic E-state index is 0. The van der Waals surface area contributed by atoms with E-state index < -0.39 is 0 Å². The van der Waals surface area contributed by atoms with E-state index in [-0.39, 0.29) is 12.4 Å². The van der Waals surface area contributed by atoms with E-state index >= 15 is 0 Å². The maximum atomic E-state index is 5.45. The monoisotopic (exact) mass is 264 g/mol. The van der Waals surface area contributed by atoms with Crippen LogP contribution >= 0.6 is 35.1 Å². The molecule has 2 rings (SSSR count). The molecule has 2 aromatic rings. The summed E-state index contributed by atoms with van der Waals surface area (Å²) >= 11 is 2.79. The second kappa shape index (κ2) is 5.19. The third-order valence-electron chi connectivity index (χ3n) is 1.52. The van der Waals surface area contributed by atoms with Crippen LogP contribution in [0.5, 0.6) is 0 Å². The Morgan fingerprint density at radius 3 is 1.47 bits per heavy atom. The maximum absolute atomic E-state index is 5.45. The van der Waals surface area contributed by atoms with Crippen LogP contribution in [0.2, 0.25) is 0 Å². The third-order valence-corrected chi connectivity index (χ3v) is 3.14. The van der Waals surface area contributed by atoms with Crippen LogP contribution in [0.25, 0.3) is 0 Å². The van der Waals surface area contributed by atoms with Crippen molar-refractivity contribution in [3.8, 4) is 0 Å². The van der Waals surface area contributed by atoms with Crippen LogP contribution in [0.1, 0.15) is 10.0 Å². The van der Waals surface area contributed by atoms with Crippen LogP contribution in [0.15, 0.2) is 0 Å². The molecule has 2 heterocycles. The van der Waals surface area contributed by atoms with Gasteiger partial charge in [0.05, 0.1) is 0 Å². The fraction of sp³-hybridized carbons (Fsp3) is 0.333. The topological polar surface area (TPSA) is 104 Å². The molecular formula is C6H9ClN6S2. The highest BCUT2D eigenvalue weighted by Gasteiger charge is 2.04. The summed E-state index contributed by atoms with van der Waals surface area (Å²) < 4.78 is 0. The zero-order chi connectivity index (χ0) is 9.97. The Balaban J connectivity index is 0.00000112. The minimum Gasteiger partial charge on any atom is -0.374 e. The van der Waals surface area contributed by atoms with E-state index in [1.54, 1.807) is 0 Å². The number of aryl methyl sites for hydroxylation is 2. The molecule has 82 valence electrons. The fourth-order valence-electron chi connectivity index (χ4n) is 0.949. The lowest BCUT2D eigenvalue weighted by molar-refractivity contribution is 0.875. The molecule has 0 fully saturated rings. The Morgan fingerprint density at radius 2 is 1.20 bits per heavy atom. The van der Waals surface area contributed by atoms with Gasteiger partial charge < -0.3 is 11.5 Å². The first-order valence-corrected chi connectivity index (χ1v) is 5.53. The highest BCUT2D eigenvalue weighted by molar-refractivity contribution is 7.15. The standard InChI is InChI=1S/C6H8N6S2.ClH/c7-5-11-9-3(13-5)1-2-4-10-12-6(8)14-4;/h1-2H2,(H2,7,11)(H2,8,12);1H. The maximum Gasteiger partial charge on any atom is 0.203 e. The third kappa shape index (κ3) is 3.26. The molecule has 0 aliphatic carbocycles. The number of anilines is 2. The lowest BCUT2D eigenvalue weighted by atomic mass is 10.3. The number of aromatic nitrogens is 4. The van der Waals surface area contributed by atoms with E-state index in [0.717, 1.165) is 22.9 Å². The lowest BCUT2D eigenvalue weighted by Gasteiger charge is -1.89. The molecule has 0 bridgehead atoms. The van der Waals surface area contributed by atoms with Gasteiger partial charge in [-0.25, -0.2) is 0 Å². The highest BCUT2D eigenvalue weighted by Crippen LogP contribution is 2.16. The van der Waals surface area contributed by atoms with Crippen molar-refractivity contribution in [2.75, 3.05) is 11.5 Å². The zero-order valence-electron chi connectivity index (χ0n) is 7.58. The lowest BCUT2D eigenvalue weighted by Crippen LogP contribution is -1.90. The van der Waals surface area contributed by atoms with E-state index in [2.05, 4.69) is 20.4 Å². The molecule has 9 heteroatoms. The number of hydrogen-bond acceptors (Lipinski definition) is 8. The molecule has 0 aromatic carbocycles. The van der Waals surface area contributed by atoms with Crippen LogP contribution in [-0.2, 0) is 12.8 Å². The van der Waals surface area contributed by atoms with Gasteiger partial charge in [0.15, 0.2) is 0 Å². The number of nitrogens with two attached hydrogens (primary N) is 2. The van der Waals surface area contributed by atoms with Gasteiger partial charge in [-0.1, -0.05) is 22.7 Å². The molecule has 0 spiro atoms. The van der Waals surface area contributed by atoms with Crippen LogP contribution in [0.3, 0.4) is 0 Å². The molecule has 0 aliphatic heterocycles. The molecule has 0 amide bonds. The molecule has 0 radical (unpaired) electrons. The quantitative estimate of drug-likeness (QED) is 0.848. The molecule has 4 N–H and O–H groups in total. The van der Waals surface area contributed by atoms with Crippen LogP contribution in [-0.4, -0.2) is 20.4 Å². The summed E-state index contributed by atoms with van der Waals surface area (Å²) in [5, 5.41) is 18.1. The molecule has 6 nitrogen and oxygen atoms in total. The SMILES string of the molecule is Cl.Nc1nnc(CCc2nnc(N)s2)s1. The van der Waals surface area contributed by atoms with E-state index in [0.29, 0.717) is 10.3 Å². The van der Waals surface area contributed by atoms with E-state index in [1.807, 2.05) is 0 Å². The van der Waals surface area contributed by atoms with Crippen molar-refractivity contribution in [3.63, 3.8) is 0 Å². The van der Waals surface area contributed by atoms with Gasteiger partial charge in [0.1, 0.15) is 10.0 Å². The zero-order valence-corrected chi connectivity index (χ0v) is 10.0. The summed E-state index contributed by atoms with van der Waals surface area (Å²) in [7, 11) is 0. The van der Waals surface area contributed by atoms with Gasteiger partial charge in [0, 0.05) is 12.8 Å². The van der Waals surface area contributed by atoms with E-state index in [4.69, 9.17) is 11.5 Å². The number of hydrogen-bond donors (Lipinski definition) is 2. The Hall–Kier alpha value is -0.990. The van der Waals surface area contributed by atoms with Gasteiger partial charge in [0.2, 0.25) is 10.3 Å². The largest absolute Gasteiger partial charge is 0.374 e. The molecule has 0 saturated heterocycles. The van der Waals surface area contributed by atoms with Crippen LogP contribution < -0.4 is 11.5 Å². The number of rotatable bonds is 3. The summed E-state index contributed by atoms with van der Waals surface area (Å²) in [4.78, 5) is 0. The molecule has 2 aromatic heterocycles. The van der Waals surface area contributed by atoms with Gasteiger partial charge in [-0.05, 0) is 0 Å². The molecule has 0 unspecified atom stereocenters. The number of nitrogen functional groups attached to an aromatic ring is 2. The second-order valence-corrected chi connectivity index (χ2v) is 4.76. The average Bonchev–Trinajstić information content (AvgIpc) is 2.72. The van der Waals surface area contributed by atoms with Crippen molar-refractivity contribution in [3.05, 3.63) is 10.0 Å². The Kier molecular flexibility index (Phi) is 4.18. The predicted octanol–water partition coefficient (Wildman–Crippen LogP) is 0.761. The van der Waals surface area contributed by atoms with Crippen molar-refractivity contribution in [1.29, 1.82) is 0 Å². The van der Waals surface area contributed by atoms with E-state index in [1.165, 1.54) is 22.7 Å². The second-order valence-electron chi connectivity index (χ2n) is 2.57. The average molecular weight is 265 g/mol. The van der Waals surface area contributed by atoms with Gasteiger partial charge in [-0.3, -0.25) is 0 Å². The van der Waals surface area contributed by atoms with Crippen molar-refractivity contribution in [2.24, 2.45) is 0 Å². The summed E-state index contributed by atoms with van der Waals surface area (Å²) in [6.45, 7) is 0. The Morgan fingerprint density at radius 1 is 0.800 bits per heavy atom. The number of halogens is 1. The van der Waals surface area contributed by atoms with Crippen LogP contribution in [0, 0.1) is 0 Å². The van der Waals surface area contributed by atoms with Crippen molar-refractivity contribution in [2.45, 2.75) is 12.8 Å². The van der Waals surface area contributed by atoms with Crippen LogP contribution in [0.4, 0.5) is 10.3 Å². The first kappa shape index (κ1) is 12.1. The molecule has 0 saturated carbocycles. The predicted molar refractivity (Wildman–Crippen MR) is 63.3 cm³/mol. The van der Waals surface area contributed by atoms with Gasteiger partial charge in [-0.2, -0.15) is 0 Å². The Bertz CT molecular complexity index is 386. The normalized spacial score (nSPS) is 9.87. The molecule has 15 heavy (non-hydrogen) atoms. The summed E-state index contributed by atoms with van der Waals surface area (Å²) in [6.07, 6.45) is 1.56. The van der Waals surface area contributed by atoms with E-state index in [9.17, 15) is 0 Å². The van der Waals surface area contributed by atoms with Crippen molar-refractivity contribution >= 4 is 45.3 Å². The fourth-order valence-corrected chi connectivity index (χ4v) is 2.17. The minimum absolute atomic E-state index is 0. The van der Waals surface area contributed by atoms with Gasteiger partial charge in [0.25, 0.3) is 0 Å². The summed E-state index contributed by atoms with van der Waals surface area (Å²) in [5.74, 6) is 0. The van der Waals surface area contributed by atoms with Crippen molar-refractivity contribution < 1.29 is 0 Å². The summed E-state index contributed by atoms with van der Waals surface area (Å²) in [5.41, 5.74) is 10.9. The molecule has 0 aliphatic rings. The summed E-state index contributed by atoms with van der Waals surface area (Å²) in [6, 6.07) is 0. The molecular weight excluding hydrogens is 256 g/mol. The first-order valence-electron chi connectivity index (χ1n) is 3.90. The first-order chi connectivity index (χ1) is 6.74. The van der Waals surface area contributed by atoms with Gasteiger partial charge >= 0.3 is 0 Å². The highest BCUT2D eigenvalue weighted by atomic mass is 35.5.